The summed E-state index contributed by atoms with van der Waals surface area (Å²) in [5.41, 5.74) is 0.756. The smallest absolute Gasteiger partial charge is 0.234 e. The van der Waals surface area contributed by atoms with Crippen LogP contribution in [-0.4, -0.2) is 33.4 Å². The summed E-state index contributed by atoms with van der Waals surface area (Å²) >= 11 is 1.35. The molecule has 0 bridgehead atoms. The maximum absolute atomic E-state index is 12.1. The fourth-order valence-electron chi connectivity index (χ4n) is 3.05. The monoisotopic (exact) mass is 360 g/mol. The number of carbonyl (C=O) groups is 1. The average molecular weight is 360 g/mol. The number of carbonyl (C=O) groups excluding carboxylic acids is 1. The van der Waals surface area contributed by atoms with Gasteiger partial charge in [0.25, 0.3) is 0 Å². The minimum Gasteiger partial charge on any atom is -0.494 e. The van der Waals surface area contributed by atoms with Gasteiger partial charge in [-0.3, -0.25) is 9.89 Å². The van der Waals surface area contributed by atoms with Gasteiger partial charge >= 0.3 is 0 Å². The Hall–Kier alpha value is -2.02. The highest BCUT2D eigenvalue weighted by Gasteiger charge is 2.17. The number of nitrogens with zero attached hydrogens (tertiary/aromatic N) is 2. The summed E-state index contributed by atoms with van der Waals surface area (Å²) in [5, 5.41) is 10.7. The number of amides is 1. The zero-order valence-electron chi connectivity index (χ0n) is 14.5. The van der Waals surface area contributed by atoms with Crippen LogP contribution in [0.1, 0.15) is 38.4 Å². The van der Waals surface area contributed by atoms with Crippen molar-refractivity contribution in [1.82, 2.24) is 15.2 Å². The summed E-state index contributed by atoms with van der Waals surface area (Å²) in [6.45, 7) is 2.57. The van der Waals surface area contributed by atoms with Gasteiger partial charge in [0, 0.05) is 12.1 Å². The lowest BCUT2D eigenvalue weighted by molar-refractivity contribution is -0.113. The van der Waals surface area contributed by atoms with E-state index >= 15 is 0 Å². The fourth-order valence-corrected chi connectivity index (χ4v) is 3.67. The number of thioether (sulfide) groups is 1. The summed E-state index contributed by atoms with van der Waals surface area (Å²) < 4.78 is 5.38. The summed E-state index contributed by atoms with van der Waals surface area (Å²) in [5.74, 6) is 2.67. The molecule has 0 aliphatic heterocycles. The number of rotatable bonds is 8. The van der Waals surface area contributed by atoms with Crippen LogP contribution in [0.25, 0.3) is 0 Å². The second-order valence-corrected chi connectivity index (χ2v) is 7.16. The van der Waals surface area contributed by atoms with Crippen LogP contribution >= 0.6 is 11.8 Å². The third-order valence-corrected chi connectivity index (χ3v) is 5.10. The Labute approximate surface area is 152 Å². The standard InChI is InChI=1S/C18H24N4O2S/c1-2-24-15-9-7-14(8-10-15)19-17(23)12-25-18-20-16(21-22-18)11-13-5-3-4-6-13/h7-10,13H,2-6,11-12H2,1H3,(H,19,23)(H,20,21,22). The molecular weight excluding hydrogens is 336 g/mol. The lowest BCUT2D eigenvalue weighted by Gasteiger charge is -2.06. The van der Waals surface area contributed by atoms with Crippen molar-refractivity contribution in [1.29, 1.82) is 0 Å². The Morgan fingerprint density at radius 1 is 1.32 bits per heavy atom. The maximum atomic E-state index is 12.1. The first-order valence-electron chi connectivity index (χ1n) is 8.79. The summed E-state index contributed by atoms with van der Waals surface area (Å²) in [4.78, 5) is 16.5. The highest BCUT2D eigenvalue weighted by Crippen LogP contribution is 2.27. The van der Waals surface area contributed by atoms with E-state index in [2.05, 4.69) is 20.5 Å². The van der Waals surface area contributed by atoms with Crippen LogP contribution in [-0.2, 0) is 11.2 Å². The Morgan fingerprint density at radius 3 is 2.80 bits per heavy atom. The number of ether oxygens (including phenoxy) is 1. The van der Waals surface area contributed by atoms with E-state index < -0.39 is 0 Å². The Bertz CT molecular complexity index is 681. The van der Waals surface area contributed by atoms with E-state index in [4.69, 9.17) is 4.74 Å². The van der Waals surface area contributed by atoms with Crippen LogP contribution in [0.15, 0.2) is 29.4 Å². The molecule has 1 saturated carbocycles. The van der Waals surface area contributed by atoms with Crippen LogP contribution in [0.4, 0.5) is 5.69 Å². The van der Waals surface area contributed by atoms with Crippen molar-refractivity contribution < 1.29 is 9.53 Å². The number of aromatic nitrogens is 3. The van der Waals surface area contributed by atoms with Crippen molar-refractivity contribution in [3.05, 3.63) is 30.1 Å². The van der Waals surface area contributed by atoms with Gasteiger partial charge in [0.05, 0.1) is 12.4 Å². The number of hydrogen-bond donors (Lipinski definition) is 2. The number of benzene rings is 1. The topological polar surface area (TPSA) is 79.9 Å². The zero-order chi connectivity index (χ0) is 17.5. The summed E-state index contributed by atoms with van der Waals surface area (Å²) in [7, 11) is 0. The molecule has 1 fully saturated rings. The molecule has 1 heterocycles. The molecule has 6 nitrogen and oxygen atoms in total. The predicted octanol–water partition coefficient (Wildman–Crippen LogP) is 3.67. The second-order valence-electron chi connectivity index (χ2n) is 6.21. The van der Waals surface area contributed by atoms with Gasteiger partial charge in [0.15, 0.2) is 0 Å². The third-order valence-electron chi connectivity index (χ3n) is 4.25. The predicted molar refractivity (Wildman–Crippen MR) is 99.0 cm³/mol. The molecule has 1 aromatic heterocycles. The first-order chi connectivity index (χ1) is 12.2. The average Bonchev–Trinajstić information content (AvgIpc) is 3.28. The molecule has 2 aromatic rings. The molecule has 3 rings (SSSR count). The molecule has 1 amide bonds. The van der Waals surface area contributed by atoms with Gasteiger partial charge in [0.2, 0.25) is 11.1 Å². The molecule has 0 atom stereocenters. The van der Waals surface area contributed by atoms with Gasteiger partial charge in [-0.2, -0.15) is 0 Å². The Kier molecular flexibility index (Phi) is 6.33. The maximum Gasteiger partial charge on any atom is 0.234 e. The van der Waals surface area contributed by atoms with E-state index in [9.17, 15) is 4.79 Å². The third kappa shape index (κ3) is 5.49. The van der Waals surface area contributed by atoms with Crippen LogP contribution < -0.4 is 10.1 Å². The van der Waals surface area contributed by atoms with Crippen molar-refractivity contribution in [2.45, 2.75) is 44.2 Å². The highest BCUT2D eigenvalue weighted by atomic mass is 32.2. The lowest BCUT2D eigenvalue weighted by Crippen LogP contribution is -2.14. The lowest BCUT2D eigenvalue weighted by atomic mass is 10.0. The normalized spacial score (nSPS) is 14.6. The van der Waals surface area contributed by atoms with Crippen molar-refractivity contribution in [3.63, 3.8) is 0 Å². The molecular formula is C18H24N4O2S. The molecule has 0 radical (unpaired) electrons. The first-order valence-corrected chi connectivity index (χ1v) is 9.78. The quantitative estimate of drug-likeness (QED) is 0.702. The van der Waals surface area contributed by atoms with Crippen LogP contribution in [0.5, 0.6) is 5.75 Å². The van der Waals surface area contributed by atoms with Gasteiger partial charge < -0.3 is 10.1 Å². The molecule has 0 spiro atoms. The van der Waals surface area contributed by atoms with Gasteiger partial charge in [-0.1, -0.05) is 37.4 Å². The summed E-state index contributed by atoms with van der Waals surface area (Å²) in [6.07, 6.45) is 6.19. The van der Waals surface area contributed by atoms with Gasteiger partial charge in [-0.05, 0) is 37.1 Å². The SMILES string of the molecule is CCOc1ccc(NC(=O)CSc2n[nH]c(CC3CCCC3)n2)cc1. The number of hydrogen-bond acceptors (Lipinski definition) is 5. The van der Waals surface area contributed by atoms with E-state index in [0.717, 1.165) is 29.6 Å². The highest BCUT2D eigenvalue weighted by molar-refractivity contribution is 7.99. The molecule has 1 aromatic carbocycles. The van der Waals surface area contributed by atoms with Crippen molar-refractivity contribution in [2.75, 3.05) is 17.7 Å². The first kappa shape index (κ1) is 17.8. The van der Waals surface area contributed by atoms with Gasteiger partial charge in [-0.25, -0.2) is 4.98 Å². The van der Waals surface area contributed by atoms with E-state index in [0.29, 0.717) is 11.8 Å². The molecule has 25 heavy (non-hydrogen) atoms. The van der Waals surface area contributed by atoms with Crippen LogP contribution in [0.2, 0.25) is 0 Å². The van der Waals surface area contributed by atoms with Crippen molar-refractivity contribution in [3.8, 4) is 5.75 Å². The number of anilines is 1. The molecule has 134 valence electrons. The zero-order valence-corrected chi connectivity index (χ0v) is 15.3. The number of nitrogens with one attached hydrogen (secondary N) is 2. The second kappa shape index (κ2) is 8.89. The number of aromatic amines is 1. The van der Waals surface area contributed by atoms with Crippen LogP contribution in [0, 0.1) is 5.92 Å². The largest absolute Gasteiger partial charge is 0.494 e. The van der Waals surface area contributed by atoms with Gasteiger partial charge in [-0.15, -0.1) is 5.10 Å². The molecule has 2 N–H and O–H groups in total. The van der Waals surface area contributed by atoms with Crippen LogP contribution in [0.3, 0.4) is 0 Å². The van der Waals surface area contributed by atoms with Crippen molar-refractivity contribution in [2.24, 2.45) is 5.92 Å². The molecule has 1 aliphatic rings. The minimum absolute atomic E-state index is 0.0729. The number of H-pyrrole nitrogens is 1. The molecule has 0 saturated heterocycles. The molecule has 0 unspecified atom stereocenters. The van der Waals surface area contributed by atoms with E-state index in [1.165, 1.54) is 37.4 Å². The van der Waals surface area contributed by atoms with Gasteiger partial charge in [0.1, 0.15) is 11.6 Å². The summed E-state index contributed by atoms with van der Waals surface area (Å²) in [6, 6.07) is 7.35. The minimum atomic E-state index is -0.0729. The van der Waals surface area contributed by atoms with Crippen molar-refractivity contribution >= 4 is 23.4 Å². The molecule has 7 heteroatoms. The molecule has 1 aliphatic carbocycles. The van der Waals surface area contributed by atoms with E-state index in [1.807, 2.05) is 31.2 Å². The Balaban J connectivity index is 1.43. The fraction of sp³-hybridized carbons (Fsp3) is 0.500. The Morgan fingerprint density at radius 2 is 2.08 bits per heavy atom. The van der Waals surface area contributed by atoms with E-state index in [1.54, 1.807) is 0 Å². The van der Waals surface area contributed by atoms with E-state index in [-0.39, 0.29) is 11.7 Å².